The van der Waals surface area contributed by atoms with Crippen molar-refractivity contribution >= 4 is 41.5 Å². The fourth-order valence-corrected chi connectivity index (χ4v) is 2.46. The molecular weight excluding hydrogens is 322 g/mol. The zero-order valence-electron chi connectivity index (χ0n) is 13.9. The van der Waals surface area contributed by atoms with Gasteiger partial charge in [-0.2, -0.15) is 0 Å². The van der Waals surface area contributed by atoms with E-state index in [1.807, 2.05) is 6.07 Å². The second-order valence-corrected chi connectivity index (χ2v) is 5.94. The van der Waals surface area contributed by atoms with Crippen LogP contribution in [0.5, 0.6) is 0 Å². The molecule has 1 fully saturated rings. The average Bonchev–Trinajstić information content (AvgIpc) is 3.04. The van der Waals surface area contributed by atoms with Crippen LogP contribution in [-0.4, -0.2) is 52.6 Å². The summed E-state index contributed by atoms with van der Waals surface area (Å²) < 4.78 is 4.70. The first kappa shape index (κ1) is 16.5. The van der Waals surface area contributed by atoms with E-state index < -0.39 is 5.54 Å². The number of hydrogen-bond acceptors (Lipinski definition) is 7. The smallest absolute Gasteiger partial charge is 0.231 e. The Hall–Kier alpha value is -3.36. The number of carbonyl (C=O) groups excluding carboxylic acids is 1. The molecule has 1 aliphatic rings. The molecule has 1 saturated heterocycles. The molecule has 3 rings (SSSR count). The molecule has 128 valence electrons. The van der Waals surface area contributed by atoms with Crippen molar-refractivity contribution in [1.29, 1.82) is 5.41 Å². The number of benzene rings is 1. The molecule has 1 aromatic heterocycles. The largest absolute Gasteiger partial charge is 0.345 e. The van der Waals surface area contributed by atoms with Crippen molar-refractivity contribution in [3.05, 3.63) is 30.0 Å². The Kier molecular flexibility index (Phi) is 4.14. The third-order valence-corrected chi connectivity index (χ3v) is 3.88. The molecule has 2 aromatic rings. The highest BCUT2D eigenvalue weighted by molar-refractivity contribution is 6.02. The third-order valence-electron chi connectivity index (χ3n) is 3.88. The molecule has 9 nitrogen and oxygen atoms in total. The number of fused-ring (bicyclic) bond motifs is 1. The molecule has 1 atom stereocenters. The molecule has 9 heteroatoms. The fourth-order valence-electron chi connectivity index (χ4n) is 2.46. The minimum Gasteiger partial charge on any atom is -0.345 e. The molecule has 0 unspecified atom stereocenters. The number of nitrogens with zero attached hydrogens (tertiary/aromatic N) is 5. The number of amides is 1. The number of rotatable bonds is 4. The predicted molar refractivity (Wildman–Crippen MR) is 94.5 cm³/mol. The van der Waals surface area contributed by atoms with Crippen LogP contribution in [0.4, 0.5) is 0 Å². The van der Waals surface area contributed by atoms with Gasteiger partial charge < -0.3 is 5.32 Å². The van der Waals surface area contributed by atoms with Crippen LogP contribution < -0.4 is 5.32 Å². The molecule has 1 aliphatic heterocycles. The van der Waals surface area contributed by atoms with Crippen molar-refractivity contribution in [3.8, 4) is 0 Å². The lowest BCUT2D eigenvalue weighted by Crippen LogP contribution is -2.60. The van der Waals surface area contributed by atoms with Gasteiger partial charge in [0.2, 0.25) is 5.91 Å². The number of nitrogens with one attached hydrogen (secondary N) is 2. The Bertz CT molecular complexity index is 894. The molecule has 0 bridgehead atoms. The van der Waals surface area contributed by atoms with Crippen molar-refractivity contribution in [1.82, 2.24) is 20.5 Å². The van der Waals surface area contributed by atoms with Crippen molar-refractivity contribution < 1.29 is 9.42 Å². The maximum atomic E-state index is 12.0. The fraction of sp³-hybridized carbons (Fsp3) is 0.250. The standard InChI is InChI=1S/C16H17N7O2/c1-16(7-14(24)23(3)15(17)20-16)9-19-13(8-18-2)10-4-5-11-12(6-10)22-25-21-11/h4-6,8-9H,2,7H2,1,3H3,(H2,17,20)/b13-8-,19-9+/t16-/m0/s1. The Balaban J connectivity index is 1.90. The van der Waals surface area contributed by atoms with E-state index in [9.17, 15) is 4.79 Å². The molecule has 0 saturated carbocycles. The maximum Gasteiger partial charge on any atom is 0.231 e. The van der Waals surface area contributed by atoms with E-state index in [1.54, 1.807) is 32.3 Å². The topological polar surface area (TPSA) is 120 Å². The summed E-state index contributed by atoms with van der Waals surface area (Å²) in [5, 5.41) is 18.4. The van der Waals surface area contributed by atoms with Gasteiger partial charge in [0.05, 0.1) is 23.9 Å². The van der Waals surface area contributed by atoms with Gasteiger partial charge in [-0.25, -0.2) is 4.63 Å². The summed E-state index contributed by atoms with van der Waals surface area (Å²) >= 11 is 0. The van der Waals surface area contributed by atoms with E-state index in [-0.39, 0.29) is 18.3 Å². The molecule has 1 amide bonds. The van der Waals surface area contributed by atoms with E-state index in [0.29, 0.717) is 16.7 Å². The zero-order valence-corrected chi connectivity index (χ0v) is 13.9. The SMILES string of the molecule is C=N/C=C(\N=C\[C@]1(C)CC(=O)N(C)C(=N)N1)c1ccc2nonc2c1. The highest BCUT2D eigenvalue weighted by Crippen LogP contribution is 2.22. The Morgan fingerprint density at radius 1 is 1.48 bits per heavy atom. The Morgan fingerprint density at radius 3 is 2.96 bits per heavy atom. The van der Waals surface area contributed by atoms with E-state index in [1.165, 1.54) is 11.1 Å². The molecule has 1 aromatic carbocycles. The summed E-state index contributed by atoms with van der Waals surface area (Å²) in [4.78, 5) is 21.5. The molecule has 0 spiro atoms. The highest BCUT2D eigenvalue weighted by atomic mass is 16.6. The second-order valence-electron chi connectivity index (χ2n) is 5.94. The summed E-state index contributed by atoms with van der Waals surface area (Å²) in [7, 11) is 1.56. The normalized spacial score (nSPS) is 21.8. The molecule has 0 aliphatic carbocycles. The summed E-state index contributed by atoms with van der Waals surface area (Å²) in [6.45, 7) is 5.27. The minimum atomic E-state index is -0.763. The maximum absolute atomic E-state index is 12.0. The average molecular weight is 339 g/mol. The van der Waals surface area contributed by atoms with Crippen LogP contribution >= 0.6 is 0 Å². The van der Waals surface area contributed by atoms with Crippen LogP contribution in [0.1, 0.15) is 18.9 Å². The van der Waals surface area contributed by atoms with Gasteiger partial charge in [0.1, 0.15) is 11.0 Å². The van der Waals surface area contributed by atoms with Crippen molar-refractivity contribution in [2.45, 2.75) is 18.9 Å². The van der Waals surface area contributed by atoms with E-state index >= 15 is 0 Å². The van der Waals surface area contributed by atoms with Crippen LogP contribution in [0.3, 0.4) is 0 Å². The van der Waals surface area contributed by atoms with Crippen molar-refractivity contribution in [2.24, 2.45) is 9.98 Å². The number of carbonyl (C=O) groups is 1. The van der Waals surface area contributed by atoms with E-state index in [0.717, 1.165) is 5.56 Å². The molecule has 2 heterocycles. The summed E-state index contributed by atoms with van der Waals surface area (Å²) in [6, 6.07) is 5.36. The Labute approximate surface area is 143 Å². The number of hydrogen-bond donors (Lipinski definition) is 2. The summed E-state index contributed by atoms with van der Waals surface area (Å²) in [5.74, 6) is -0.118. The quantitative estimate of drug-likeness (QED) is 0.817. The zero-order chi connectivity index (χ0) is 18.0. The lowest BCUT2D eigenvalue weighted by molar-refractivity contribution is -0.128. The highest BCUT2D eigenvalue weighted by Gasteiger charge is 2.35. The monoisotopic (exact) mass is 339 g/mol. The van der Waals surface area contributed by atoms with Gasteiger partial charge in [-0.05, 0) is 36.1 Å². The van der Waals surface area contributed by atoms with Gasteiger partial charge in [-0.1, -0.05) is 6.07 Å². The van der Waals surface area contributed by atoms with Gasteiger partial charge in [-0.15, -0.1) is 0 Å². The number of guanidine groups is 1. The molecular formula is C16H17N7O2. The first-order valence-corrected chi connectivity index (χ1v) is 7.49. The van der Waals surface area contributed by atoms with Gasteiger partial charge >= 0.3 is 0 Å². The predicted octanol–water partition coefficient (Wildman–Crippen LogP) is 1.44. The van der Waals surface area contributed by atoms with Crippen LogP contribution in [0.15, 0.2) is 39.0 Å². The van der Waals surface area contributed by atoms with Crippen LogP contribution in [0.25, 0.3) is 16.7 Å². The van der Waals surface area contributed by atoms with Crippen LogP contribution in [0, 0.1) is 5.41 Å². The van der Waals surface area contributed by atoms with E-state index in [4.69, 9.17) is 10.0 Å². The summed E-state index contributed by atoms with van der Waals surface area (Å²) in [5.41, 5.74) is 1.77. The third kappa shape index (κ3) is 3.30. The van der Waals surface area contributed by atoms with Gasteiger partial charge in [0.25, 0.3) is 0 Å². The van der Waals surface area contributed by atoms with Crippen molar-refractivity contribution in [3.63, 3.8) is 0 Å². The first-order chi connectivity index (χ1) is 11.9. The lowest BCUT2D eigenvalue weighted by Gasteiger charge is -2.36. The lowest BCUT2D eigenvalue weighted by atomic mass is 9.96. The van der Waals surface area contributed by atoms with Crippen LogP contribution in [-0.2, 0) is 4.79 Å². The molecule has 2 N–H and O–H groups in total. The second kappa shape index (κ2) is 6.27. The summed E-state index contributed by atoms with van der Waals surface area (Å²) in [6.07, 6.45) is 3.31. The van der Waals surface area contributed by atoms with Crippen LogP contribution in [0.2, 0.25) is 0 Å². The van der Waals surface area contributed by atoms with Gasteiger partial charge in [0, 0.05) is 18.8 Å². The number of aromatic nitrogens is 2. The first-order valence-electron chi connectivity index (χ1n) is 7.49. The number of aliphatic imine (C=N–C) groups is 2. The molecule has 25 heavy (non-hydrogen) atoms. The van der Waals surface area contributed by atoms with Gasteiger partial charge in [0.15, 0.2) is 5.96 Å². The molecule has 0 radical (unpaired) electrons. The van der Waals surface area contributed by atoms with E-state index in [2.05, 4.69) is 32.3 Å². The Morgan fingerprint density at radius 2 is 2.24 bits per heavy atom. The minimum absolute atomic E-state index is 0.0349. The van der Waals surface area contributed by atoms with Gasteiger partial charge in [-0.3, -0.25) is 25.1 Å². The van der Waals surface area contributed by atoms with Crippen molar-refractivity contribution in [2.75, 3.05) is 7.05 Å².